The minimum atomic E-state index is -0.598. The second kappa shape index (κ2) is 10.6. The molecule has 1 aliphatic rings. The molecule has 3 aromatic rings. The van der Waals surface area contributed by atoms with Gasteiger partial charge in [-0.1, -0.05) is 6.07 Å². The fourth-order valence-electron chi connectivity index (χ4n) is 3.79. The monoisotopic (exact) mass is 466 g/mol. The molecule has 0 spiro atoms. The first-order valence-electron chi connectivity index (χ1n) is 11.1. The molecule has 0 unspecified atom stereocenters. The van der Waals surface area contributed by atoms with E-state index in [0.29, 0.717) is 12.3 Å². The highest BCUT2D eigenvalue weighted by Crippen LogP contribution is 2.32. The molecule has 8 nitrogen and oxygen atoms in total. The number of halogens is 1. The molecule has 1 fully saturated rings. The standard InChI is InChI=1S/C25H27FN4O4/c1-16-3-5-18(20(26)13-16)24(32)17-4-6-22(31)19(14-17)21-15-23(29-25(27)28-21)34-10-2-7-30-8-11-33-12-9-30/h3-6,13-15,31H,2,7-12H2,1H3,(H2,27,28,29). The Bertz CT molecular complexity index is 1180. The minimum absolute atomic E-state index is 0.0265. The summed E-state index contributed by atoms with van der Waals surface area (Å²) in [5, 5.41) is 10.4. The lowest BCUT2D eigenvalue weighted by molar-refractivity contribution is 0.0357. The molecule has 34 heavy (non-hydrogen) atoms. The molecule has 0 atom stereocenters. The van der Waals surface area contributed by atoms with E-state index in [0.717, 1.165) is 44.8 Å². The van der Waals surface area contributed by atoms with Crippen molar-refractivity contribution in [3.05, 3.63) is 65.0 Å². The third-order valence-electron chi connectivity index (χ3n) is 5.60. The zero-order valence-corrected chi connectivity index (χ0v) is 19.0. The van der Waals surface area contributed by atoms with E-state index in [1.165, 1.54) is 30.3 Å². The Labute approximate surface area is 197 Å². The van der Waals surface area contributed by atoms with Gasteiger partial charge in [0.2, 0.25) is 11.8 Å². The average molecular weight is 467 g/mol. The Morgan fingerprint density at radius 1 is 1.18 bits per heavy atom. The van der Waals surface area contributed by atoms with Gasteiger partial charge in [-0.05, 0) is 49.2 Å². The summed E-state index contributed by atoms with van der Waals surface area (Å²) in [5.74, 6) is -0.956. The third-order valence-corrected chi connectivity index (χ3v) is 5.60. The van der Waals surface area contributed by atoms with Crippen LogP contribution in [-0.2, 0) is 4.74 Å². The number of aryl methyl sites for hydroxylation is 1. The van der Waals surface area contributed by atoms with Gasteiger partial charge in [-0.15, -0.1) is 0 Å². The van der Waals surface area contributed by atoms with Gasteiger partial charge in [0.25, 0.3) is 0 Å². The molecule has 1 aliphatic heterocycles. The number of benzene rings is 2. The van der Waals surface area contributed by atoms with Gasteiger partial charge in [-0.3, -0.25) is 9.69 Å². The van der Waals surface area contributed by atoms with Crippen LogP contribution in [0, 0.1) is 12.7 Å². The van der Waals surface area contributed by atoms with Crippen LogP contribution in [0.1, 0.15) is 27.9 Å². The summed E-state index contributed by atoms with van der Waals surface area (Å²) in [6, 6.07) is 10.3. The van der Waals surface area contributed by atoms with E-state index in [2.05, 4.69) is 14.9 Å². The Hall–Kier alpha value is -3.56. The van der Waals surface area contributed by atoms with E-state index < -0.39 is 11.6 Å². The van der Waals surface area contributed by atoms with Crippen LogP contribution in [0.25, 0.3) is 11.3 Å². The van der Waals surface area contributed by atoms with Crippen molar-refractivity contribution in [1.29, 1.82) is 0 Å². The van der Waals surface area contributed by atoms with Gasteiger partial charge in [0.05, 0.1) is 31.1 Å². The summed E-state index contributed by atoms with van der Waals surface area (Å²) in [6.07, 6.45) is 0.802. The van der Waals surface area contributed by atoms with Gasteiger partial charge in [0.1, 0.15) is 11.6 Å². The smallest absolute Gasteiger partial charge is 0.223 e. The van der Waals surface area contributed by atoms with Crippen LogP contribution < -0.4 is 10.5 Å². The van der Waals surface area contributed by atoms with Crippen molar-refractivity contribution in [3.8, 4) is 22.9 Å². The molecule has 0 aliphatic carbocycles. The van der Waals surface area contributed by atoms with Crippen molar-refractivity contribution in [2.24, 2.45) is 0 Å². The number of morpholine rings is 1. The van der Waals surface area contributed by atoms with Crippen molar-refractivity contribution < 1.29 is 23.8 Å². The molecule has 0 saturated carbocycles. The van der Waals surface area contributed by atoms with Crippen LogP contribution in [-0.4, -0.2) is 65.2 Å². The maximum Gasteiger partial charge on any atom is 0.223 e. The first-order chi connectivity index (χ1) is 16.4. The molecule has 9 heteroatoms. The molecule has 1 saturated heterocycles. The molecule has 0 radical (unpaired) electrons. The van der Waals surface area contributed by atoms with Crippen molar-refractivity contribution in [2.45, 2.75) is 13.3 Å². The number of phenolic OH excluding ortho intramolecular Hbond substituents is 1. The number of ketones is 1. The highest BCUT2D eigenvalue weighted by Gasteiger charge is 2.18. The van der Waals surface area contributed by atoms with Gasteiger partial charge in [-0.25, -0.2) is 9.37 Å². The van der Waals surface area contributed by atoms with Crippen molar-refractivity contribution >= 4 is 11.7 Å². The first kappa shape index (κ1) is 23.6. The highest BCUT2D eigenvalue weighted by atomic mass is 19.1. The number of nitrogens with two attached hydrogens (primary N) is 1. The number of anilines is 1. The summed E-state index contributed by atoms with van der Waals surface area (Å²) in [4.78, 5) is 23.5. The molecular formula is C25H27FN4O4. The molecule has 178 valence electrons. The van der Waals surface area contributed by atoms with Crippen LogP contribution in [0.5, 0.6) is 11.6 Å². The van der Waals surface area contributed by atoms with E-state index >= 15 is 0 Å². The molecule has 4 rings (SSSR count). The number of aromatic nitrogens is 2. The van der Waals surface area contributed by atoms with Crippen molar-refractivity contribution in [2.75, 3.05) is 45.2 Å². The number of carbonyl (C=O) groups is 1. The average Bonchev–Trinajstić information content (AvgIpc) is 2.82. The van der Waals surface area contributed by atoms with E-state index in [1.54, 1.807) is 19.1 Å². The lowest BCUT2D eigenvalue weighted by Gasteiger charge is -2.26. The molecule has 3 N–H and O–H groups in total. The van der Waals surface area contributed by atoms with E-state index in [1.807, 2.05) is 0 Å². The van der Waals surface area contributed by atoms with E-state index in [9.17, 15) is 14.3 Å². The zero-order valence-electron chi connectivity index (χ0n) is 19.0. The largest absolute Gasteiger partial charge is 0.507 e. The van der Waals surface area contributed by atoms with Crippen LogP contribution in [0.3, 0.4) is 0 Å². The third kappa shape index (κ3) is 5.67. The maximum absolute atomic E-state index is 14.3. The zero-order chi connectivity index (χ0) is 24.1. The van der Waals surface area contributed by atoms with Crippen LogP contribution >= 0.6 is 0 Å². The molecule has 2 heterocycles. The number of ether oxygens (including phenoxy) is 2. The van der Waals surface area contributed by atoms with Gasteiger partial charge in [0, 0.05) is 36.8 Å². The predicted octanol–water partition coefficient (Wildman–Crippen LogP) is 3.21. The predicted molar refractivity (Wildman–Crippen MR) is 125 cm³/mol. The van der Waals surface area contributed by atoms with Crippen molar-refractivity contribution in [1.82, 2.24) is 14.9 Å². The van der Waals surface area contributed by atoms with Gasteiger partial charge in [-0.2, -0.15) is 4.98 Å². The lowest BCUT2D eigenvalue weighted by atomic mass is 9.98. The first-order valence-corrected chi connectivity index (χ1v) is 11.1. The summed E-state index contributed by atoms with van der Waals surface area (Å²) >= 11 is 0. The molecule has 2 aromatic carbocycles. The number of rotatable bonds is 8. The molecule has 0 bridgehead atoms. The Morgan fingerprint density at radius 3 is 2.74 bits per heavy atom. The minimum Gasteiger partial charge on any atom is -0.507 e. The SMILES string of the molecule is Cc1ccc(C(=O)c2ccc(O)c(-c3cc(OCCCN4CCOCC4)nc(N)n3)c2)c(F)c1. The summed E-state index contributed by atoms with van der Waals surface area (Å²) < 4.78 is 25.4. The summed E-state index contributed by atoms with van der Waals surface area (Å²) in [6.45, 7) is 6.37. The molecule has 0 amide bonds. The number of nitrogens with zero attached hydrogens (tertiary/aromatic N) is 3. The number of carbonyl (C=O) groups excluding carboxylic acids is 1. The molecular weight excluding hydrogens is 439 g/mol. The number of phenols is 1. The quantitative estimate of drug-likeness (QED) is 0.385. The van der Waals surface area contributed by atoms with Gasteiger partial charge >= 0.3 is 0 Å². The number of hydrogen-bond acceptors (Lipinski definition) is 8. The fourth-order valence-corrected chi connectivity index (χ4v) is 3.79. The van der Waals surface area contributed by atoms with Crippen LogP contribution in [0.4, 0.5) is 10.3 Å². The van der Waals surface area contributed by atoms with E-state index in [4.69, 9.17) is 15.2 Å². The second-order valence-corrected chi connectivity index (χ2v) is 8.15. The Balaban J connectivity index is 1.50. The Morgan fingerprint density at radius 2 is 1.97 bits per heavy atom. The topological polar surface area (TPSA) is 111 Å². The van der Waals surface area contributed by atoms with Crippen LogP contribution in [0.15, 0.2) is 42.5 Å². The number of aromatic hydroxyl groups is 1. The summed E-state index contributed by atoms with van der Waals surface area (Å²) in [7, 11) is 0. The van der Waals surface area contributed by atoms with E-state index in [-0.39, 0.29) is 34.3 Å². The normalized spacial score (nSPS) is 14.2. The Kier molecular flexibility index (Phi) is 7.34. The molecule has 1 aromatic heterocycles. The second-order valence-electron chi connectivity index (χ2n) is 8.15. The number of nitrogen functional groups attached to an aromatic ring is 1. The fraction of sp³-hybridized carbons (Fsp3) is 0.320. The summed E-state index contributed by atoms with van der Waals surface area (Å²) in [5.41, 5.74) is 7.31. The van der Waals surface area contributed by atoms with Gasteiger partial charge in [0.15, 0.2) is 5.78 Å². The van der Waals surface area contributed by atoms with Crippen molar-refractivity contribution in [3.63, 3.8) is 0 Å². The van der Waals surface area contributed by atoms with Crippen LogP contribution in [0.2, 0.25) is 0 Å². The lowest BCUT2D eigenvalue weighted by Crippen LogP contribution is -2.37. The van der Waals surface area contributed by atoms with Gasteiger partial charge < -0.3 is 20.3 Å². The highest BCUT2D eigenvalue weighted by molar-refractivity contribution is 6.10. The maximum atomic E-state index is 14.3. The number of hydrogen-bond donors (Lipinski definition) is 2.